The fraction of sp³-hybridized carbons (Fsp3) is 0.875. The van der Waals surface area contributed by atoms with Gasteiger partial charge < -0.3 is 9.47 Å². The number of carbonyl (C=O) groups is 2. The third-order valence-corrected chi connectivity index (χ3v) is 5.33. The van der Waals surface area contributed by atoms with Crippen LogP contribution in [0.3, 0.4) is 0 Å². The van der Waals surface area contributed by atoms with E-state index in [0.717, 1.165) is 6.92 Å². The molecule has 20 heteroatoms. The maximum Gasteiger partial charge on any atom is 0.460 e. The van der Waals surface area contributed by atoms with E-state index in [2.05, 4.69) is 9.47 Å². The average molecular weight is 588 g/mol. The van der Waals surface area contributed by atoms with Crippen molar-refractivity contribution in [3.05, 3.63) is 0 Å². The molecule has 0 saturated carbocycles. The number of esters is 2. The van der Waals surface area contributed by atoms with Gasteiger partial charge in [0, 0.05) is 18.4 Å². The summed E-state index contributed by atoms with van der Waals surface area (Å²) in [6.07, 6.45) is -10.9. The Morgan fingerprint density at radius 2 is 0.917 bits per heavy atom. The second kappa shape index (κ2) is 10.5. The van der Waals surface area contributed by atoms with E-state index in [4.69, 9.17) is 0 Å². The minimum atomic E-state index is -7.35. The standard InChI is InChI=1S/C16H15F15O4S/c1-6(34-8(32)11(19,20)13(23,24)10(3,17)18)4-36-5-7(2)35-9(33)12(21,22)14(25,26)15(27,28)16(29,30)31/h6-7H,4-5H2,1-3H3. The molecule has 0 saturated heterocycles. The van der Waals surface area contributed by atoms with E-state index in [1.807, 2.05) is 0 Å². The molecular formula is C16H15F15O4S. The molecule has 0 aliphatic carbocycles. The largest absolute Gasteiger partial charge is 0.460 e. The van der Waals surface area contributed by atoms with Crippen LogP contribution in [0.4, 0.5) is 65.9 Å². The second-order valence-corrected chi connectivity index (χ2v) is 8.30. The van der Waals surface area contributed by atoms with Crippen LogP contribution in [0, 0.1) is 0 Å². The van der Waals surface area contributed by atoms with Crippen LogP contribution in [0.15, 0.2) is 0 Å². The minimum absolute atomic E-state index is 0.309. The van der Waals surface area contributed by atoms with Crippen LogP contribution in [0.2, 0.25) is 0 Å². The molecule has 0 aliphatic heterocycles. The van der Waals surface area contributed by atoms with E-state index < -0.39 is 84.3 Å². The maximum absolute atomic E-state index is 13.4. The smallest absolute Gasteiger partial charge is 0.457 e. The molecule has 0 heterocycles. The molecule has 0 rings (SSSR count). The van der Waals surface area contributed by atoms with Crippen LogP contribution in [0.25, 0.3) is 0 Å². The quantitative estimate of drug-likeness (QED) is 0.208. The second-order valence-electron chi connectivity index (χ2n) is 7.23. The summed E-state index contributed by atoms with van der Waals surface area (Å²) in [7, 11) is 0. The molecule has 0 radical (unpaired) electrons. The Morgan fingerprint density at radius 3 is 1.19 bits per heavy atom. The molecule has 0 fully saturated rings. The predicted octanol–water partition coefficient (Wildman–Crippen LogP) is 5.98. The highest BCUT2D eigenvalue weighted by Gasteiger charge is 2.84. The van der Waals surface area contributed by atoms with Gasteiger partial charge in [-0.2, -0.15) is 77.6 Å². The van der Waals surface area contributed by atoms with E-state index in [9.17, 15) is 75.4 Å². The van der Waals surface area contributed by atoms with Gasteiger partial charge in [-0.1, -0.05) is 0 Å². The zero-order chi connectivity index (χ0) is 29.3. The molecule has 2 unspecified atom stereocenters. The van der Waals surface area contributed by atoms with Crippen LogP contribution in [-0.2, 0) is 19.1 Å². The lowest BCUT2D eigenvalue weighted by molar-refractivity contribution is -0.391. The number of hydrogen-bond donors (Lipinski definition) is 0. The van der Waals surface area contributed by atoms with Crippen LogP contribution in [0.5, 0.6) is 0 Å². The molecule has 214 valence electrons. The van der Waals surface area contributed by atoms with Crippen molar-refractivity contribution >= 4 is 23.7 Å². The van der Waals surface area contributed by atoms with Crippen molar-refractivity contribution in [3.8, 4) is 0 Å². The van der Waals surface area contributed by atoms with Crippen molar-refractivity contribution in [3.63, 3.8) is 0 Å². The number of halogens is 15. The van der Waals surface area contributed by atoms with Gasteiger partial charge in [-0.25, -0.2) is 9.59 Å². The highest BCUT2D eigenvalue weighted by molar-refractivity contribution is 7.99. The van der Waals surface area contributed by atoms with Gasteiger partial charge in [-0.15, -0.1) is 0 Å². The SMILES string of the molecule is CC(CSCC(C)OC(=O)C(F)(F)C(F)(F)C(F)(F)C(F)(F)F)OC(=O)C(F)(F)C(F)(F)C(C)(F)F. The fourth-order valence-corrected chi connectivity index (χ4v) is 2.82. The third-order valence-electron chi connectivity index (χ3n) is 3.92. The molecule has 0 aliphatic rings. The number of hydrogen-bond acceptors (Lipinski definition) is 5. The van der Waals surface area contributed by atoms with E-state index in [0.29, 0.717) is 18.7 Å². The molecule has 0 aromatic heterocycles. The van der Waals surface area contributed by atoms with Crippen molar-refractivity contribution in [1.82, 2.24) is 0 Å². The summed E-state index contributed by atoms with van der Waals surface area (Å²) in [5.41, 5.74) is 0. The van der Waals surface area contributed by atoms with E-state index >= 15 is 0 Å². The Hall–Kier alpha value is -1.76. The maximum atomic E-state index is 13.4. The van der Waals surface area contributed by atoms with Crippen LogP contribution >= 0.6 is 11.8 Å². The van der Waals surface area contributed by atoms with Gasteiger partial charge in [-0.05, 0) is 13.8 Å². The number of rotatable bonds is 12. The summed E-state index contributed by atoms with van der Waals surface area (Å²) < 4.78 is 201. The van der Waals surface area contributed by atoms with Crippen molar-refractivity contribution in [1.29, 1.82) is 0 Å². The first-order chi connectivity index (χ1) is 15.6. The molecular weight excluding hydrogens is 573 g/mol. The minimum Gasteiger partial charge on any atom is -0.457 e. The first-order valence-corrected chi connectivity index (χ1v) is 10.1. The van der Waals surface area contributed by atoms with Crippen molar-refractivity contribution in [2.24, 2.45) is 0 Å². The Labute approximate surface area is 195 Å². The molecule has 0 bridgehead atoms. The lowest BCUT2D eigenvalue weighted by Gasteiger charge is -2.32. The number of thioether (sulfide) groups is 1. The summed E-state index contributed by atoms with van der Waals surface area (Å²) in [5, 5.41) is 0. The van der Waals surface area contributed by atoms with Gasteiger partial charge in [0.1, 0.15) is 12.2 Å². The molecule has 0 N–H and O–H groups in total. The molecule has 0 aromatic carbocycles. The molecule has 0 amide bonds. The van der Waals surface area contributed by atoms with E-state index in [1.165, 1.54) is 0 Å². The Balaban J connectivity index is 5.05. The van der Waals surface area contributed by atoms with Gasteiger partial charge in [0.2, 0.25) is 0 Å². The Bertz CT molecular complexity index is 791. The fourth-order valence-electron chi connectivity index (χ4n) is 1.89. The summed E-state index contributed by atoms with van der Waals surface area (Å²) >= 11 is 0.309. The van der Waals surface area contributed by atoms with Gasteiger partial charge in [0.25, 0.3) is 0 Å². The number of ether oxygens (including phenoxy) is 2. The van der Waals surface area contributed by atoms with Crippen LogP contribution < -0.4 is 0 Å². The Morgan fingerprint density at radius 1 is 0.611 bits per heavy atom. The summed E-state index contributed by atoms with van der Waals surface area (Å²) in [6.45, 7) is 0.809. The van der Waals surface area contributed by atoms with Crippen molar-refractivity contribution in [2.45, 2.75) is 74.7 Å². The monoisotopic (exact) mass is 588 g/mol. The summed E-state index contributed by atoms with van der Waals surface area (Å²) in [6, 6.07) is 0. The normalized spacial score (nSPS) is 16.4. The van der Waals surface area contributed by atoms with Crippen LogP contribution in [-0.4, -0.2) is 77.4 Å². The first kappa shape index (κ1) is 34.2. The van der Waals surface area contributed by atoms with E-state index in [1.54, 1.807) is 0 Å². The highest BCUT2D eigenvalue weighted by Crippen LogP contribution is 2.53. The third kappa shape index (κ3) is 6.56. The Kier molecular flexibility index (Phi) is 10.0. The van der Waals surface area contributed by atoms with Crippen molar-refractivity contribution < 1.29 is 84.9 Å². The molecule has 0 aromatic rings. The van der Waals surface area contributed by atoms with Gasteiger partial charge in [-0.3, -0.25) is 0 Å². The summed E-state index contributed by atoms with van der Waals surface area (Å²) in [5.74, 6) is -46.9. The molecule has 4 nitrogen and oxygen atoms in total. The average Bonchev–Trinajstić information content (AvgIpc) is 2.65. The number of alkyl halides is 15. The van der Waals surface area contributed by atoms with E-state index in [-0.39, 0.29) is 0 Å². The van der Waals surface area contributed by atoms with Crippen molar-refractivity contribution in [2.75, 3.05) is 11.5 Å². The number of carbonyl (C=O) groups excluding carboxylic acids is 2. The zero-order valence-electron chi connectivity index (χ0n) is 17.8. The molecule has 36 heavy (non-hydrogen) atoms. The first-order valence-electron chi connectivity index (χ1n) is 8.92. The summed E-state index contributed by atoms with van der Waals surface area (Å²) in [4.78, 5) is 22.4. The molecule has 0 spiro atoms. The topological polar surface area (TPSA) is 52.6 Å². The van der Waals surface area contributed by atoms with Gasteiger partial charge in [0.15, 0.2) is 0 Å². The van der Waals surface area contributed by atoms with Gasteiger partial charge >= 0.3 is 53.7 Å². The van der Waals surface area contributed by atoms with Gasteiger partial charge in [0.05, 0.1) is 0 Å². The lowest BCUT2D eigenvalue weighted by atomic mass is 10.0. The lowest BCUT2D eigenvalue weighted by Crippen LogP contribution is -2.63. The highest BCUT2D eigenvalue weighted by atomic mass is 32.2. The van der Waals surface area contributed by atoms with Crippen LogP contribution in [0.1, 0.15) is 20.8 Å². The predicted molar refractivity (Wildman–Crippen MR) is 89.8 cm³/mol. The zero-order valence-corrected chi connectivity index (χ0v) is 18.6. The molecule has 2 atom stereocenters.